The molecular formula is C13H20N2O3S2. The smallest absolute Gasteiger partial charge is 0.252 e. The molecule has 1 aromatic heterocycles. The molecule has 0 spiro atoms. The van der Waals surface area contributed by atoms with Gasteiger partial charge in [0.05, 0.1) is 6.54 Å². The summed E-state index contributed by atoms with van der Waals surface area (Å²) in [4.78, 5) is 11.7. The standard InChI is InChI=1S/C13H20N2O3S2/c1-10(16)14-9-12-7-8-13(19-12)20(17,18)15(2)11-5-3-4-6-11/h7-8,11H,3-6,9H2,1-2H3,(H,14,16). The molecule has 5 nitrogen and oxygen atoms in total. The third kappa shape index (κ3) is 3.39. The van der Waals surface area contributed by atoms with E-state index in [1.54, 1.807) is 19.2 Å². The van der Waals surface area contributed by atoms with Gasteiger partial charge in [-0.15, -0.1) is 11.3 Å². The first-order valence-electron chi connectivity index (χ1n) is 6.72. The van der Waals surface area contributed by atoms with E-state index in [4.69, 9.17) is 0 Å². The molecule has 0 bridgehead atoms. The van der Waals surface area contributed by atoms with Crippen molar-refractivity contribution in [1.82, 2.24) is 9.62 Å². The maximum absolute atomic E-state index is 12.5. The van der Waals surface area contributed by atoms with Crippen LogP contribution in [0.5, 0.6) is 0 Å². The number of sulfonamides is 1. The van der Waals surface area contributed by atoms with E-state index in [1.165, 1.54) is 22.6 Å². The fourth-order valence-corrected chi connectivity index (χ4v) is 5.31. The Morgan fingerprint density at radius 1 is 1.40 bits per heavy atom. The van der Waals surface area contributed by atoms with Gasteiger partial charge in [0.25, 0.3) is 10.0 Å². The van der Waals surface area contributed by atoms with E-state index in [1.807, 2.05) is 0 Å². The van der Waals surface area contributed by atoms with Gasteiger partial charge in [0, 0.05) is 24.9 Å². The molecule has 0 aliphatic heterocycles. The quantitative estimate of drug-likeness (QED) is 0.903. The number of thiophene rings is 1. The Kier molecular flexibility index (Phi) is 4.82. The van der Waals surface area contributed by atoms with Crippen LogP contribution in [0.4, 0.5) is 0 Å². The van der Waals surface area contributed by atoms with E-state index in [0.29, 0.717) is 10.8 Å². The third-order valence-electron chi connectivity index (χ3n) is 3.62. The van der Waals surface area contributed by atoms with Crippen molar-refractivity contribution in [3.05, 3.63) is 17.0 Å². The molecule has 1 aromatic rings. The first-order valence-corrected chi connectivity index (χ1v) is 8.98. The third-order valence-corrected chi connectivity index (χ3v) is 7.08. The molecule has 0 saturated heterocycles. The highest BCUT2D eigenvalue weighted by molar-refractivity contribution is 7.91. The van der Waals surface area contributed by atoms with E-state index < -0.39 is 10.0 Å². The molecule has 0 radical (unpaired) electrons. The van der Waals surface area contributed by atoms with Gasteiger partial charge in [-0.25, -0.2) is 8.42 Å². The number of amides is 1. The predicted octanol–water partition coefficient (Wildman–Crippen LogP) is 1.95. The zero-order valence-electron chi connectivity index (χ0n) is 11.8. The van der Waals surface area contributed by atoms with E-state index in [2.05, 4.69) is 5.32 Å². The van der Waals surface area contributed by atoms with E-state index in [0.717, 1.165) is 30.6 Å². The first kappa shape index (κ1) is 15.5. The van der Waals surface area contributed by atoms with Crippen molar-refractivity contribution in [2.45, 2.75) is 49.4 Å². The first-order chi connectivity index (χ1) is 9.41. The maximum atomic E-state index is 12.5. The summed E-state index contributed by atoms with van der Waals surface area (Å²) >= 11 is 1.22. The van der Waals surface area contributed by atoms with Crippen LogP contribution in [-0.4, -0.2) is 31.7 Å². The van der Waals surface area contributed by atoms with Gasteiger partial charge in [0.2, 0.25) is 5.91 Å². The molecular weight excluding hydrogens is 296 g/mol. The van der Waals surface area contributed by atoms with Crippen molar-refractivity contribution < 1.29 is 13.2 Å². The van der Waals surface area contributed by atoms with Crippen LogP contribution in [0.3, 0.4) is 0 Å². The lowest BCUT2D eigenvalue weighted by Crippen LogP contribution is -2.34. The molecule has 1 amide bonds. The highest BCUT2D eigenvalue weighted by Crippen LogP contribution is 2.30. The molecule has 112 valence electrons. The van der Waals surface area contributed by atoms with Gasteiger partial charge in [0.15, 0.2) is 0 Å². The Balaban J connectivity index is 2.11. The van der Waals surface area contributed by atoms with Crippen LogP contribution in [0, 0.1) is 0 Å². The predicted molar refractivity (Wildman–Crippen MR) is 79.0 cm³/mol. The lowest BCUT2D eigenvalue weighted by atomic mass is 10.3. The average molecular weight is 316 g/mol. The minimum Gasteiger partial charge on any atom is -0.351 e. The topological polar surface area (TPSA) is 66.5 Å². The van der Waals surface area contributed by atoms with Gasteiger partial charge in [-0.3, -0.25) is 4.79 Å². The van der Waals surface area contributed by atoms with Gasteiger partial charge in [-0.1, -0.05) is 12.8 Å². The van der Waals surface area contributed by atoms with E-state index in [-0.39, 0.29) is 11.9 Å². The molecule has 1 N–H and O–H groups in total. The van der Waals surface area contributed by atoms with Crippen LogP contribution in [0.1, 0.15) is 37.5 Å². The van der Waals surface area contributed by atoms with Crippen LogP contribution in [-0.2, 0) is 21.4 Å². The molecule has 0 unspecified atom stereocenters. The van der Waals surface area contributed by atoms with E-state index in [9.17, 15) is 13.2 Å². The molecule has 1 aliphatic carbocycles. The highest BCUT2D eigenvalue weighted by atomic mass is 32.2. The summed E-state index contributed by atoms with van der Waals surface area (Å²) in [6.45, 7) is 1.82. The summed E-state index contributed by atoms with van der Waals surface area (Å²) in [6, 6.07) is 3.51. The number of hydrogen-bond acceptors (Lipinski definition) is 4. The monoisotopic (exact) mass is 316 g/mol. The van der Waals surface area contributed by atoms with Crippen molar-refractivity contribution >= 4 is 27.3 Å². The number of nitrogens with one attached hydrogen (secondary N) is 1. The summed E-state index contributed by atoms with van der Waals surface area (Å²) in [6.07, 6.45) is 4.09. The van der Waals surface area contributed by atoms with Gasteiger partial charge in [-0.2, -0.15) is 4.31 Å². The normalized spacial score (nSPS) is 16.8. The van der Waals surface area contributed by atoms with Gasteiger partial charge in [0.1, 0.15) is 4.21 Å². The Labute approximate surface area is 124 Å². The Hall–Kier alpha value is -0.920. The van der Waals surface area contributed by atoms with Crippen LogP contribution >= 0.6 is 11.3 Å². The van der Waals surface area contributed by atoms with E-state index >= 15 is 0 Å². The Morgan fingerprint density at radius 2 is 2.05 bits per heavy atom. The SMILES string of the molecule is CC(=O)NCc1ccc(S(=O)(=O)N(C)C2CCCC2)s1. The molecule has 20 heavy (non-hydrogen) atoms. The number of carbonyl (C=O) groups excluding carboxylic acids is 1. The number of rotatable bonds is 5. The van der Waals surface area contributed by atoms with Crippen LogP contribution in [0.25, 0.3) is 0 Å². The second-order valence-electron chi connectivity index (χ2n) is 5.09. The van der Waals surface area contributed by atoms with Crippen molar-refractivity contribution in [3.8, 4) is 0 Å². The molecule has 7 heteroatoms. The summed E-state index contributed by atoms with van der Waals surface area (Å²) in [7, 11) is -1.74. The molecule has 2 rings (SSSR count). The fraction of sp³-hybridized carbons (Fsp3) is 0.615. The minimum absolute atomic E-state index is 0.120. The highest BCUT2D eigenvalue weighted by Gasteiger charge is 2.30. The Morgan fingerprint density at radius 3 is 2.65 bits per heavy atom. The minimum atomic E-state index is -3.40. The van der Waals surface area contributed by atoms with Gasteiger partial charge in [-0.05, 0) is 25.0 Å². The number of hydrogen-bond donors (Lipinski definition) is 1. The van der Waals surface area contributed by atoms with Crippen molar-refractivity contribution in [3.63, 3.8) is 0 Å². The van der Waals surface area contributed by atoms with Gasteiger partial charge >= 0.3 is 0 Å². The van der Waals surface area contributed by atoms with Crippen molar-refractivity contribution in [2.24, 2.45) is 0 Å². The van der Waals surface area contributed by atoms with Crippen molar-refractivity contribution in [2.75, 3.05) is 7.05 Å². The molecule has 1 heterocycles. The van der Waals surface area contributed by atoms with Crippen LogP contribution in [0.2, 0.25) is 0 Å². The zero-order valence-corrected chi connectivity index (χ0v) is 13.4. The van der Waals surface area contributed by atoms with Crippen molar-refractivity contribution in [1.29, 1.82) is 0 Å². The number of nitrogens with zero attached hydrogens (tertiary/aromatic N) is 1. The fourth-order valence-electron chi connectivity index (χ4n) is 2.41. The summed E-state index contributed by atoms with van der Waals surface area (Å²) in [5, 5.41) is 2.67. The second-order valence-corrected chi connectivity index (χ2v) is 8.48. The Bertz CT molecular complexity index is 574. The molecule has 1 saturated carbocycles. The average Bonchev–Trinajstić information content (AvgIpc) is 3.06. The molecule has 0 aromatic carbocycles. The maximum Gasteiger partial charge on any atom is 0.252 e. The van der Waals surface area contributed by atoms with Crippen LogP contribution in [0.15, 0.2) is 16.3 Å². The zero-order chi connectivity index (χ0) is 14.8. The largest absolute Gasteiger partial charge is 0.351 e. The summed E-state index contributed by atoms with van der Waals surface area (Å²) in [5.74, 6) is -0.120. The molecule has 1 aliphatic rings. The summed E-state index contributed by atoms with van der Waals surface area (Å²) < 4.78 is 26.9. The van der Waals surface area contributed by atoms with Crippen LogP contribution < -0.4 is 5.32 Å². The lowest BCUT2D eigenvalue weighted by Gasteiger charge is -2.22. The lowest BCUT2D eigenvalue weighted by molar-refractivity contribution is -0.119. The molecule has 0 atom stereocenters. The molecule has 1 fully saturated rings. The summed E-state index contributed by atoms with van der Waals surface area (Å²) in [5.41, 5.74) is 0. The van der Waals surface area contributed by atoms with Gasteiger partial charge < -0.3 is 5.32 Å². The number of carbonyl (C=O) groups is 1. The second kappa shape index (κ2) is 6.24.